The lowest BCUT2D eigenvalue weighted by Crippen LogP contribution is -2.31. The van der Waals surface area contributed by atoms with Crippen molar-refractivity contribution in [1.29, 1.82) is 0 Å². The highest BCUT2D eigenvalue weighted by molar-refractivity contribution is 5.20. The fourth-order valence-electron chi connectivity index (χ4n) is 5.28. The molecule has 0 unspecified atom stereocenters. The predicted molar refractivity (Wildman–Crippen MR) is 161 cm³/mol. The van der Waals surface area contributed by atoms with Crippen molar-refractivity contribution in [3.8, 4) is 0 Å². The molecule has 0 rings (SSSR count). The summed E-state index contributed by atoms with van der Waals surface area (Å²) in [5.74, 6) is -1.63. The molecule has 0 radical (unpaired) electrons. The zero-order chi connectivity index (χ0) is 26.9. The Balaban J connectivity index is 4.46. The van der Waals surface area contributed by atoms with E-state index in [4.69, 9.17) is 0 Å². The Hall–Kier alpha value is -0.600. The molecular weight excluding hydrogens is 440 g/mol. The van der Waals surface area contributed by atoms with Crippen LogP contribution in [-0.2, 0) is 0 Å². The van der Waals surface area contributed by atoms with E-state index in [0.717, 1.165) is 44.1 Å². The van der Waals surface area contributed by atoms with Crippen LogP contribution in [0.15, 0.2) is 22.8 Å². The first kappa shape index (κ1) is 35.4. The normalized spacial score (nSPS) is 12.6. The van der Waals surface area contributed by atoms with Gasteiger partial charge in [0.05, 0.1) is 0 Å². The molecule has 0 heterocycles. The lowest BCUT2D eigenvalue weighted by molar-refractivity contribution is -0.137. The van der Waals surface area contributed by atoms with Crippen molar-refractivity contribution in [1.82, 2.24) is 0 Å². The van der Waals surface area contributed by atoms with Crippen molar-refractivity contribution in [3.63, 3.8) is 0 Å². The van der Waals surface area contributed by atoms with E-state index in [1.54, 1.807) is 0 Å². The third-order valence-corrected chi connectivity index (χ3v) is 7.73. The van der Waals surface area contributed by atoms with Crippen molar-refractivity contribution >= 4 is 0 Å². The summed E-state index contributed by atoms with van der Waals surface area (Å²) >= 11 is 0. The summed E-state index contributed by atoms with van der Waals surface area (Å²) in [6.45, 7) is 10.9. The molecule has 36 heavy (non-hydrogen) atoms. The van der Waals surface area contributed by atoms with Crippen LogP contribution in [0.3, 0.4) is 0 Å². The maximum absolute atomic E-state index is 11.1. The van der Waals surface area contributed by atoms with E-state index in [1.807, 2.05) is 0 Å². The van der Waals surface area contributed by atoms with E-state index in [2.05, 4.69) is 40.7 Å². The van der Waals surface area contributed by atoms with Crippen LogP contribution < -0.4 is 0 Å². The van der Waals surface area contributed by atoms with Gasteiger partial charge < -0.3 is 10.2 Å². The first-order valence-corrected chi connectivity index (χ1v) is 16.1. The number of hydrogen-bond acceptors (Lipinski definition) is 2. The maximum Gasteiger partial charge on any atom is 0.185 e. The lowest BCUT2D eigenvalue weighted by atomic mass is 9.89. The summed E-state index contributed by atoms with van der Waals surface area (Å²) < 4.78 is 0. The number of unbranched alkanes of at least 4 members (excludes halogenated alkanes) is 18. The summed E-state index contributed by atoms with van der Waals surface area (Å²) in [7, 11) is 0. The second kappa shape index (κ2) is 24.7. The Kier molecular flexibility index (Phi) is 24.3. The minimum Gasteiger partial charge on any atom is -0.362 e. The van der Waals surface area contributed by atoms with E-state index in [9.17, 15) is 10.2 Å². The summed E-state index contributed by atoms with van der Waals surface area (Å²) in [5, 5.41) is 22.2. The number of aliphatic hydroxyl groups is 2. The molecule has 0 atom stereocenters. The second-order valence-electron chi connectivity index (χ2n) is 11.8. The molecule has 0 aliphatic carbocycles. The lowest BCUT2D eigenvalue weighted by Gasteiger charge is -2.28. The average molecular weight is 507 g/mol. The van der Waals surface area contributed by atoms with Gasteiger partial charge in [-0.2, -0.15) is 0 Å². The zero-order valence-corrected chi connectivity index (χ0v) is 25.4. The van der Waals surface area contributed by atoms with Gasteiger partial charge in [-0.3, -0.25) is 0 Å². The van der Waals surface area contributed by atoms with Gasteiger partial charge in [0.1, 0.15) is 0 Å². The smallest absolute Gasteiger partial charge is 0.185 e. The molecule has 0 bridgehead atoms. The van der Waals surface area contributed by atoms with Crippen LogP contribution in [0.5, 0.6) is 0 Å². The van der Waals surface area contributed by atoms with Gasteiger partial charge in [-0.05, 0) is 58.4 Å². The third-order valence-electron chi connectivity index (χ3n) is 7.73. The van der Waals surface area contributed by atoms with Gasteiger partial charge in [0.2, 0.25) is 0 Å². The molecule has 2 heteroatoms. The van der Waals surface area contributed by atoms with Gasteiger partial charge >= 0.3 is 0 Å². The second-order valence-corrected chi connectivity index (χ2v) is 11.8. The highest BCUT2D eigenvalue weighted by Crippen LogP contribution is 2.31. The standard InChI is InChI=1S/C34H66O2/c1-6-8-10-12-14-16-18-20-22-24-29-33(32(5)28-26-27-31(3)4)34(35,36)30-25-23-21-19-17-15-13-11-9-7-2/h27,35-36H,6-26,28-30H2,1-5H3. The third kappa shape index (κ3) is 21.5. The molecule has 0 spiro atoms. The monoisotopic (exact) mass is 507 g/mol. The first-order valence-electron chi connectivity index (χ1n) is 16.1. The van der Waals surface area contributed by atoms with Crippen LogP contribution in [0.2, 0.25) is 0 Å². The van der Waals surface area contributed by atoms with Crippen molar-refractivity contribution in [3.05, 3.63) is 22.8 Å². The van der Waals surface area contributed by atoms with E-state index in [1.165, 1.54) is 120 Å². The van der Waals surface area contributed by atoms with Crippen molar-refractivity contribution < 1.29 is 10.2 Å². The predicted octanol–water partition coefficient (Wildman–Crippen LogP) is 11.4. The van der Waals surface area contributed by atoms with Gasteiger partial charge in [0, 0.05) is 6.42 Å². The topological polar surface area (TPSA) is 40.5 Å². The van der Waals surface area contributed by atoms with Crippen LogP contribution in [0, 0.1) is 0 Å². The largest absolute Gasteiger partial charge is 0.362 e. The Morgan fingerprint density at radius 2 is 0.917 bits per heavy atom. The van der Waals surface area contributed by atoms with E-state index in [0.29, 0.717) is 6.42 Å². The molecule has 214 valence electrons. The van der Waals surface area contributed by atoms with Crippen molar-refractivity contribution in [2.45, 2.75) is 195 Å². The highest BCUT2D eigenvalue weighted by Gasteiger charge is 2.29. The van der Waals surface area contributed by atoms with Gasteiger partial charge in [0.15, 0.2) is 5.79 Å². The van der Waals surface area contributed by atoms with Gasteiger partial charge in [-0.25, -0.2) is 0 Å². The average Bonchev–Trinajstić information content (AvgIpc) is 2.83. The number of rotatable bonds is 26. The van der Waals surface area contributed by atoms with Crippen LogP contribution in [-0.4, -0.2) is 16.0 Å². The summed E-state index contributed by atoms with van der Waals surface area (Å²) in [5.41, 5.74) is 3.45. The zero-order valence-electron chi connectivity index (χ0n) is 25.4. The molecule has 0 saturated heterocycles. The quantitative estimate of drug-likeness (QED) is 0.0695. The number of allylic oxidation sites excluding steroid dienone is 3. The van der Waals surface area contributed by atoms with Crippen LogP contribution in [0.25, 0.3) is 0 Å². The Morgan fingerprint density at radius 1 is 0.528 bits per heavy atom. The minimum atomic E-state index is -1.63. The van der Waals surface area contributed by atoms with Gasteiger partial charge in [0.25, 0.3) is 0 Å². The summed E-state index contributed by atoms with van der Waals surface area (Å²) in [6, 6.07) is 0. The van der Waals surface area contributed by atoms with Crippen LogP contribution >= 0.6 is 0 Å². The van der Waals surface area contributed by atoms with Gasteiger partial charge in [-0.15, -0.1) is 0 Å². The van der Waals surface area contributed by atoms with E-state index in [-0.39, 0.29) is 0 Å². The molecule has 0 aromatic carbocycles. The molecule has 0 aromatic rings. The van der Waals surface area contributed by atoms with E-state index >= 15 is 0 Å². The van der Waals surface area contributed by atoms with Crippen LogP contribution in [0.4, 0.5) is 0 Å². The first-order chi connectivity index (χ1) is 17.3. The fourth-order valence-corrected chi connectivity index (χ4v) is 5.28. The minimum absolute atomic E-state index is 0.483. The summed E-state index contributed by atoms with van der Waals surface area (Å²) in [4.78, 5) is 0. The molecule has 0 saturated carbocycles. The molecule has 0 fully saturated rings. The van der Waals surface area contributed by atoms with Crippen molar-refractivity contribution in [2.75, 3.05) is 0 Å². The summed E-state index contributed by atoms with van der Waals surface area (Å²) in [6.07, 6.45) is 31.3. The molecular formula is C34H66O2. The number of hydrogen-bond donors (Lipinski definition) is 2. The maximum atomic E-state index is 11.1. The highest BCUT2D eigenvalue weighted by atomic mass is 16.5. The van der Waals surface area contributed by atoms with Gasteiger partial charge in [-0.1, -0.05) is 147 Å². The fraction of sp³-hybridized carbons (Fsp3) is 0.882. The van der Waals surface area contributed by atoms with Crippen molar-refractivity contribution in [2.24, 2.45) is 0 Å². The van der Waals surface area contributed by atoms with E-state index < -0.39 is 5.79 Å². The molecule has 0 aromatic heterocycles. The SMILES string of the molecule is CCCCCCCCCCCCC(=C(C)CCC=C(C)C)C(O)(O)CCCCCCCCCCCC. The molecule has 0 aliphatic rings. The molecule has 2 nitrogen and oxygen atoms in total. The Bertz CT molecular complexity index is 539. The molecule has 0 amide bonds. The molecule has 2 N–H and O–H groups in total. The molecule has 0 aliphatic heterocycles. The van der Waals surface area contributed by atoms with Crippen LogP contribution in [0.1, 0.15) is 189 Å². The Morgan fingerprint density at radius 3 is 1.33 bits per heavy atom. The Labute approximate surface area is 227 Å².